The maximum Gasteiger partial charge on any atom is 0.353 e. The molecule has 0 saturated carbocycles. The molecule has 3 heterocycles. The smallest absolute Gasteiger partial charge is 0.353 e. The van der Waals surface area contributed by atoms with E-state index in [1.54, 1.807) is 18.7 Å². The molecule has 0 unspecified atom stereocenters. The largest absolute Gasteiger partial charge is 0.477 e. The Morgan fingerprint density at radius 2 is 1.96 bits per heavy atom. The number of nitrogens with zero attached hydrogens (tertiary/aromatic N) is 2. The number of rotatable bonds is 4. The predicted molar refractivity (Wildman–Crippen MR) is 87.7 cm³/mol. The van der Waals surface area contributed by atoms with Crippen LogP contribution >= 0.6 is 11.8 Å². The molecule has 3 rings (SSSR count). The molecule has 6 nitrogen and oxygen atoms in total. The number of aliphatic hydroxyl groups is 1. The molecule has 128 valence electrons. The zero-order chi connectivity index (χ0) is 16.9. The van der Waals surface area contributed by atoms with Crippen LogP contribution in [-0.4, -0.2) is 69.4 Å². The Morgan fingerprint density at radius 1 is 1.35 bits per heavy atom. The number of piperidine rings is 1. The number of carboxylic acid groups (broad SMARTS) is 1. The van der Waals surface area contributed by atoms with Crippen LogP contribution in [0.2, 0.25) is 0 Å². The zero-order valence-electron chi connectivity index (χ0n) is 13.7. The fourth-order valence-electron chi connectivity index (χ4n) is 3.96. The molecule has 2 saturated heterocycles. The number of hydrogen-bond donors (Lipinski definition) is 2. The minimum Gasteiger partial charge on any atom is -0.477 e. The molecule has 3 aliphatic heterocycles. The zero-order valence-corrected chi connectivity index (χ0v) is 14.5. The summed E-state index contributed by atoms with van der Waals surface area (Å²) in [5.41, 5.74) is 0.147. The van der Waals surface area contributed by atoms with Gasteiger partial charge in [-0.25, -0.2) is 4.79 Å². The van der Waals surface area contributed by atoms with Gasteiger partial charge in [0.2, 0.25) is 5.91 Å². The van der Waals surface area contributed by atoms with E-state index < -0.39 is 18.0 Å². The van der Waals surface area contributed by atoms with Crippen LogP contribution in [0.1, 0.15) is 26.7 Å². The number of thioether (sulfide) groups is 1. The average Bonchev–Trinajstić information content (AvgIpc) is 2.71. The van der Waals surface area contributed by atoms with Crippen LogP contribution in [0.4, 0.5) is 0 Å². The molecular formula is C16H24N2O4S. The lowest BCUT2D eigenvalue weighted by Crippen LogP contribution is -2.63. The number of likely N-dealkylation sites (tertiary alicyclic amines) is 1. The molecule has 2 fully saturated rings. The molecule has 0 aromatic heterocycles. The van der Waals surface area contributed by atoms with E-state index in [2.05, 4.69) is 11.9 Å². The standard InChI is InChI=1S/C16H24N2O4S/c1-8-12-11(9(2)19)15(20)18(12)13(16(21)22)14(8)23-10-4-6-17(3)7-5-10/h8-12,19H,4-7H2,1-3H3,(H,21,22)/t8-,9-,11-,12-/m1/s1. The molecule has 0 aromatic rings. The Morgan fingerprint density at radius 3 is 2.48 bits per heavy atom. The van der Waals surface area contributed by atoms with Crippen molar-refractivity contribution < 1.29 is 19.8 Å². The van der Waals surface area contributed by atoms with E-state index >= 15 is 0 Å². The van der Waals surface area contributed by atoms with Gasteiger partial charge in [0.15, 0.2) is 0 Å². The lowest BCUT2D eigenvalue weighted by Gasteiger charge is -2.46. The van der Waals surface area contributed by atoms with Crippen molar-refractivity contribution in [2.24, 2.45) is 11.8 Å². The first-order chi connectivity index (χ1) is 10.8. The van der Waals surface area contributed by atoms with Gasteiger partial charge in [0.25, 0.3) is 0 Å². The Bertz CT molecular complexity index is 554. The van der Waals surface area contributed by atoms with Gasteiger partial charge in [-0.05, 0) is 39.9 Å². The summed E-state index contributed by atoms with van der Waals surface area (Å²) in [6, 6.07) is -0.206. The Hall–Kier alpha value is -1.05. The van der Waals surface area contributed by atoms with E-state index in [1.165, 1.54) is 4.90 Å². The van der Waals surface area contributed by atoms with E-state index in [0.29, 0.717) is 5.25 Å². The van der Waals surface area contributed by atoms with Crippen LogP contribution in [0, 0.1) is 11.8 Å². The van der Waals surface area contributed by atoms with Gasteiger partial charge >= 0.3 is 5.97 Å². The summed E-state index contributed by atoms with van der Waals surface area (Å²) in [7, 11) is 2.10. The molecule has 2 N–H and O–H groups in total. The summed E-state index contributed by atoms with van der Waals surface area (Å²) in [5.74, 6) is -1.79. The second-order valence-corrected chi connectivity index (χ2v) is 8.23. The van der Waals surface area contributed by atoms with Crippen LogP contribution in [0.15, 0.2) is 10.6 Å². The first-order valence-corrected chi connectivity index (χ1v) is 9.04. The summed E-state index contributed by atoms with van der Waals surface area (Å²) in [6.45, 7) is 5.62. The number of aliphatic hydroxyl groups excluding tert-OH is 1. The number of carbonyl (C=O) groups excluding carboxylic acids is 1. The van der Waals surface area contributed by atoms with E-state index in [0.717, 1.165) is 30.8 Å². The summed E-state index contributed by atoms with van der Waals surface area (Å²) >= 11 is 1.63. The molecule has 3 aliphatic rings. The molecular weight excluding hydrogens is 316 g/mol. The minimum atomic E-state index is -1.04. The van der Waals surface area contributed by atoms with Gasteiger partial charge in [-0.15, -0.1) is 11.8 Å². The third kappa shape index (κ3) is 2.68. The van der Waals surface area contributed by atoms with Crippen LogP contribution in [0.5, 0.6) is 0 Å². The van der Waals surface area contributed by atoms with Crippen molar-refractivity contribution in [2.45, 2.75) is 44.1 Å². The van der Waals surface area contributed by atoms with Gasteiger partial charge < -0.3 is 20.0 Å². The third-order valence-corrected chi connectivity index (χ3v) is 6.89. The van der Waals surface area contributed by atoms with E-state index in [1.807, 2.05) is 6.92 Å². The second-order valence-electron chi connectivity index (χ2n) is 6.89. The molecule has 0 bridgehead atoms. The van der Waals surface area contributed by atoms with E-state index in [-0.39, 0.29) is 23.6 Å². The van der Waals surface area contributed by atoms with Gasteiger partial charge in [-0.3, -0.25) is 4.79 Å². The van der Waals surface area contributed by atoms with Crippen molar-refractivity contribution in [3.05, 3.63) is 10.6 Å². The van der Waals surface area contributed by atoms with Crippen molar-refractivity contribution in [1.29, 1.82) is 0 Å². The summed E-state index contributed by atoms with van der Waals surface area (Å²) in [5, 5.41) is 19.8. The first-order valence-electron chi connectivity index (χ1n) is 8.16. The Balaban J connectivity index is 1.83. The van der Waals surface area contributed by atoms with E-state index in [4.69, 9.17) is 0 Å². The topological polar surface area (TPSA) is 81.1 Å². The Labute approximate surface area is 140 Å². The van der Waals surface area contributed by atoms with Crippen molar-refractivity contribution >= 4 is 23.6 Å². The van der Waals surface area contributed by atoms with Gasteiger partial charge in [-0.2, -0.15) is 0 Å². The van der Waals surface area contributed by atoms with Crippen molar-refractivity contribution in [1.82, 2.24) is 9.80 Å². The van der Waals surface area contributed by atoms with Crippen LogP contribution < -0.4 is 0 Å². The lowest BCUT2D eigenvalue weighted by molar-refractivity contribution is -0.163. The van der Waals surface area contributed by atoms with Gasteiger partial charge in [0, 0.05) is 16.1 Å². The number of hydrogen-bond acceptors (Lipinski definition) is 5. The number of fused-ring (bicyclic) bond motifs is 1. The van der Waals surface area contributed by atoms with E-state index in [9.17, 15) is 19.8 Å². The number of β-lactam (4-membered cyclic amide) rings is 1. The number of carboxylic acids is 1. The minimum absolute atomic E-state index is 0.0249. The van der Waals surface area contributed by atoms with Crippen LogP contribution in [0.3, 0.4) is 0 Å². The molecule has 0 aliphatic carbocycles. The van der Waals surface area contributed by atoms with Crippen molar-refractivity contribution in [3.63, 3.8) is 0 Å². The summed E-state index contributed by atoms with van der Waals surface area (Å²) in [4.78, 5) is 28.5. The molecule has 7 heteroatoms. The number of aliphatic carboxylic acids is 1. The highest BCUT2D eigenvalue weighted by atomic mass is 32.2. The number of carbonyl (C=O) groups is 2. The maximum absolute atomic E-state index is 12.3. The molecule has 0 radical (unpaired) electrons. The molecule has 0 aromatic carbocycles. The maximum atomic E-state index is 12.3. The fraction of sp³-hybridized carbons (Fsp3) is 0.750. The van der Waals surface area contributed by atoms with Gasteiger partial charge in [0.05, 0.1) is 18.1 Å². The molecule has 23 heavy (non-hydrogen) atoms. The highest BCUT2D eigenvalue weighted by molar-refractivity contribution is 8.03. The van der Waals surface area contributed by atoms with Crippen LogP contribution in [-0.2, 0) is 9.59 Å². The first kappa shape index (κ1) is 16.8. The normalized spacial score (nSPS) is 33.7. The lowest BCUT2D eigenvalue weighted by atomic mass is 9.79. The Kier molecular flexibility index (Phi) is 4.46. The highest BCUT2D eigenvalue weighted by Gasteiger charge is 2.60. The predicted octanol–water partition coefficient (Wildman–Crippen LogP) is 0.968. The molecule has 4 atom stereocenters. The highest BCUT2D eigenvalue weighted by Crippen LogP contribution is 2.51. The van der Waals surface area contributed by atoms with Crippen molar-refractivity contribution in [3.8, 4) is 0 Å². The molecule has 0 spiro atoms. The number of amides is 1. The van der Waals surface area contributed by atoms with Gasteiger partial charge in [0.1, 0.15) is 5.70 Å². The third-order valence-electron chi connectivity index (χ3n) is 5.27. The average molecular weight is 340 g/mol. The van der Waals surface area contributed by atoms with Crippen LogP contribution in [0.25, 0.3) is 0 Å². The fourth-order valence-corrected chi connectivity index (χ4v) is 5.42. The monoisotopic (exact) mass is 340 g/mol. The quantitative estimate of drug-likeness (QED) is 0.742. The molecule has 1 amide bonds. The van der Waals surface area contributed by atoms with Crippen molar-refractivity contribution in [2.75, 3.05) is 20.1 Å². The SMILES string of the molecule is C[C@@H](O)[C@H]1C(=O)N2C(C(=O)O)=C(SC3CCN(C)CC3)[C@H](C)[C@H]12. The second kappa shape index (κ2) is 6.11. The van der Waals surface area contributed by atoms with Gasteiger partial charge in [-0.1, -0.05) is 6.92 Å². The summed E-state index contributed by atoms with van der Waals surface area (Å²) in [6.07, 6.45) is 1.32. The summed E-state index contributed by atoms with van der Waals surface area (Å²) < 4.78 is 0.